The fourth-order valence-corrected chi connectivity index (χ4v) is 1.55. The lowest BCUT2D eigenvalue weighted by molar-refractivity contribution is -0.385. The quantitative estimate of drug-likeness (QED) is 0.609. The summed E-state index contributed by atoms with van der Waals surface area (Å²) in [4.78, 5) is 12.6. The first kappa shape index (κ1) is 13.4. The van der Waals surface area contributed by atoms with Gasteiger partial charge in [-0.1, -0.05) is 13.0 Å². The number of anilines is 1. The average Bonchev–Trinajstić information content (AvgIpc) is 2.30. The standard InChI is InChI=1S/C12H19N3O2/c1-4-14(3)9-8-13-11-6-5-7-12(10(11)2)15(16)17/h5-7,13H,4,8-9H2,1-3H3. The summed E-state index contributed by atoms with van der Waals surface area (Å²) < 4.78 is 0. The molecule has 17 heavy (non-hydrogen) atoms. The van der Waals surface area contributed by atoms with E-state index < -0.39 is 0 Å². The lowest BCUT2D eigenvalue weighted by Gasteiger charge is -2.15. The summed E-state index contributed by atoms with van der Waals surface area (Å²) in [5, 5.41) is 14.0. The summed E-state index contributed by atoms with van der Waals surface area (Å²) in [6.45, 7) is 6.56. The van der Waals surface area contributed by atoms with Gasteiger partial charge in [0.1, 0.15) is 0 Å². The monoisotopic (exact) mass is 237 g/mol. The Morgan fingerprint density at radius 1 is 1.47 bits per heavy atom. The Kier molecular flexibility index (Phi) is 4.90. The summed E-state index contributed by atoms with van der Waals surface area (Å²) in [6.07, 6.45) is 0. The number of benzene rings is 1. The fourth-order valence-electron chi connectivity index (χ4n) is 1.55. The molecule has 1 rings (SSSR count). The molecule has 1 aromatic rings. The Morgan fingerprint density at radius 2 is 2.18 bits per heavy atom. The van der Waals surface area contributed by atoms with E-state index in [2.05, 4.69) is 17.1 Å². The van der Waals surface area contributed by atoms with E-state index in [4.69, 9.17) is 0 Å². The van der Waals surface area contributed by atoms with E-state index in [1.54, 1.807) is 13.0 Å². The average molecular weight is 237 g/mol. The van der Waals surface area contributed by atoms with Gasteiger partial charge < -0.3 is 10.2 Å². The van der Waals surface area contributed by atoms with Crippen molar-refractivity contribution in [1.29, 1.82) is 0 Å². The van der Waals surface area contributed by atoms with Gasteiger partial charge in [0, 0.05) is 30.4 Å². The van der Waals surface area contributed by atoms with E-state index in [0.29, 0.717) is 5.56 Å². The summed E-state index contributed by atoms with van der Waals surface area (Å²) in [7, 11) is 2.04. The predicted octanol–water partition coefficient (Wildman–Crippen LogP) is 2.27. The summed E-state index contributed by atoms with van der Waals surface area (Å²) in [5.74, 6) is 0. The molecule has 0 saturated heterocycles. The largest absolute Gasteiger partial charge is 0.383 e. The van der Waals surface area contributed by atoms with Crippen LogP contribution in [0.2, 0.25) is 0 Å². The van der Waals surface area contributed by atoms with Crippen LogP contribution in [0.4, 0.5) is 11.4 Å². The van der Waals surface area contributed by atoms with Crippen molar-refractivity contribution in [3.05, 3.63) is 33.9 Å². The third-order valence-electron chi connectivity index (χ3n) is 2.85. The Balaban J connectivity index is 2.66. The van der Waals surface area contributed by atoms with Crippen molar-refractivity contribution in [3.8, 4) is 0 Å². The number of nitro groups is 1. The summed E-state index contributed by atoms with van der Waals surface area (Å²) in [6, 6.07) is 5.10. The molecular formula is C12H19N3O2. The normalized spacial score (nSPS) is 10.6. The van der Waals surface area contributed by atoms with Crippen LogP contribution >= 0.6 is 0 Å². The van der Waals surface area contributed by atoms with E-state index in [1.807, 2.05) is 13.1 Å². The van der Waals surface area contributed by atoms with Crippen molar-refractivity contribution >= 4 is 11.4 Å². The number of nitrogens with zero attached hydrogens (tertiary/aromatic N) is 2. The molecule has 0 spiro atoms. The van der Waals surface area contributed by atoms with Gasteiger partial charge in [0.2, 0.25) is 0 Å². The number of likely N-dealkylation sites (N-methyl/N-ethyl adjacent to an activating group) is 1. The van der Waals surface area contributed by atoms with Crippen LogP contribution in [0.3, 0.4) is 0 Å². The molecule has 5 heteroatoms. The Bertz CT molecular complexity index is 393. The third kappa shape index (κ3) is 3.71. The highest BCUT2D eigenvalue weighted by atomic mass is 16.6. The van der Waals surface area contributed by atoms with Crippen LogP contribution < -0.4 is 5.32 Å². The van der Waals surface area contributed by atoms with Crippen molar-refractivity contribution < 1.29 is 4.92 Å². The Labute approximate surface area is 102 Å². The molecule has 0 heterocycles. The molecule has 0 unspecified atom stereocenters. The van der Waals surface area contributed by atoms with E-state index >= 15 is 0 Å². The minimum Gasteiger partial charge on any atom is -0.383 e. The van der Waals surface area contributed by atoms with E-state index in [9.17, 15) is 10.1 Å². The van der Waals surface area contributed by atoms with Crippen molar-refractivity contribution in [2.45, 2.75) is 13.8 Å². The van der Waals surface area contributed by atoms with Gasteiger partial charge in [0.25, 0.3) is 5.69 Å². The lowest BCUT2D eigenvalue weighted by atomic mass is 10.1. The van der Waals surface area contributed by atoms with Crippen molar-refractivity contribution in [2.75, 3.05) is 32.0 Å². The van der Waals surface area contributed by atoms with Gasteiger partial charge in [-0.2, -0.15) is 0 Å². The zero-order chi connectivity index (χ0) is 12.8. The number of hydrogen-bond donors (Lipinski definition) is 1. The first-order chi connectivity index (χ1) is 8.06. The topological polar surface area (TPSA) is 58.4 Å². The van der Waals surface area contributed by atoms with Crippen LogP contribution in [-0.4, -0.2) is 36.5 Å². The smallest absolute Gasteiger partial charge is 0.274 e. The van der Waals surface area contributed by atoms with Gasteiger partial charge >= 0.3 is 0 Å². The van der Waals surface area contributed by atoms with Crippen LogP contribution in [0.15, 0.2) is 18.2 Å². The molecule has 0 radical (unpaired) electrons. The number of nitrogens with one attached hydrogen (secondary N) is 1. The highest BCUT2D eigenvalue weighted by Gasteiger charge is 2.12. The molecule has 1 N–H and O–H groups in total. The van der Waals surface area contributed by atoms with Gasteiger partial charge in [-0.25, -0.2) is 0 Å². The van der Waals surface area contributed by atoms with Crippen LogP contribution in [0.1, 0.15) is 12.5 Å². The predicted molar refractivity (Wildman–Crippen MR) is 69.5 cm³/mol. The molecule has 94 valence electrons. The second-order valence-electron chi connectivity index (χ2n) is 4.03. The van der Waals surface area contributed by atoms with Crippen LogP contribution in [-0.2, 0) is 0 Å². The van der Waals surface area contributed by atoms with E-state index in [1.165, 1.54) is 6.07 Å². The molecule has 5 nitrogen and oxygen atoms in total. The Morgan fingerprint density at radius 3 is 2.76 bits per heavy atom. The molecule has 0 bridgehead atoms. The first-order valence-electron chi connectivity index (χ1n) is 5.72. The molecule has 1 aromatic carbocycles. The highest BCUT2D eigenvalue weighted by Crippen LogP contribution is 2.24. The van der Waals surface area contributed by atoms with Crippen LogP contribution in [0.5, 0.6) is 0 Å². The maximum Gasteiger partial charge on any atom is 0.274 e. The molecular weight excluding hydrogens is 218 g/mol. The molecule has 0 aliphatic heterocycles. The van der Waals surface area contributed by atoms with Gasteiger partial charge in [0.05, 0.1) is 4.92 Å². The van der Waals surface area contributed by atoms with Gasteiger partial charge in [-0.05, 0) is 26.6 Å². The highest BCUT2D eigenvalue weighted by molar-refractivity contribution is 5.59. The van der Waals surface area contributed by atoms with E-state index in [0.717, 1.165) is 25.3 Å². The molecule has 0 saturated carbocycles. The molecule has 0 fully saturated rings. The second-order valence-corrected chi connectivity index (χ2v) is 4.03. The minimum absolute atomic E-state index is 0.166. The molecule has 0 aromatic heterocycles. The minimum atomic E-state index is -0.349. The SMILES string of the molecule is CCN(C)CCNc1cccc([N+](=O)[O-])c1C. The zero-order valence-corrected chi connectivity index (χ0v) is 10.6. The second kappa shape index (κ2) is 6.20. The lowest BCUT2D eigenvalue weighted by Crippen LogP contribution is -2.24. The van der Waals surface area contributed by atoms with Crippen LogP contribution in [0.25, 0.3) is 0 Å². The Hall–Kier alpha value is -1.62. The fraction of sp³-hybridized carbons (Fsp3) is 0.500. The van der Waals surface area contributed by atoms with Gasteiger partial charge in [0.15, 0.2) is 0 Å². The molecule has 0 aliphatic rings. The summed E-state index contributed by atoms with van der Waals surface area (Å²) in [5.41, 5.74) is 1.69. The molecule has 0 amide bonds. The number of hydrogen-bond acceptors (Lipinski definition) is 4. The third-order valence-corrected chi connectivity index (χ3v) is 2.85. The van der Waals surface area contributed by atoms with Crippen molar-refractivity contribution in [2.24, 2.45) is 0 Å². The van der Waals surface area contributed by atoms with E-state index in [-0.39, 0.29) is 10.6 Å². The van der Waals surface area contributed by atoms with Gasteiger partial charge in [-0.3, -0.25) is 10.1 Å². The number of rotatable bonds is 6. The zero-order valence-electron chi connectivity index (χ0n) is 10.6. The maximum absolute atomic E-state index is 10.8. The summed E-state index contributed by atoms with van der Waals surface area (Å²) >= 11 is 0. The molecule has 0 aliphatic carbocycles. The molecule has 0 atom stereocenters. The first-order valence-corrected chi connectivity index (χ1v) is 5.72. The van der Waals surface area contributed by atoms with Gasteiger partial charge in [-0.15, -0.1) is 0 Å². The van der Waals surface area contributed by atoms with Crippen molar-refractivity contribution in [1.82, 2.24) is 4.90 Å². The van der Waals surface area contributed by atoms with Crippen LogP contribution in [0, 0.1) is 17.0 Å². The number of nitro benzene ring substituents is 1. The maximum atomic E-state index is 10.8. The van der Waals surface area contributed by atoms with Crippen molar-refractivity contribution in [3.63, 3.8) is 0 Å².